The van der Waals surface area contributed by atoms with Gasteiger partial charge in [0, 0.05) is 32.1 Å². The molecule has 0 radical (unpaired) electrons. The van der Waals surface area contributed by atoms with Gasteiger partial charge in [0.05, 0.1) is 32.3 Å². The summed E-state index contributed by atoms with van der Waals surface area (Å²) in [6, 6.07) is 0. The van der Waals surface area contributed by atoms with Crippen LogP contribution >= 0.6 is 0 Å². The highest BCUT2D eigenvalue weighted by Gasteiger charge is 2.28. The molecule has 8 heteroatoms. The number of carboxylic acid groups (broad SMARTS) is 1. The largest absolute Gasteiger partial charge is 0.481 e. The maximum atomic E-state index is 12.3. The maximum absolute atomic E-state index is 12.3. The lowest BCUT2D eigenvalue weighted by molar-refractivity contribution is -0.146. The minimum absolute atomic E-state index is 0.0484. The first kappa shape index (κ1) is 48.8. The van der Waals surface area contributed by atoms with E-state index in [4.69, 9.17) is 14.2 Å². The molecule has 0 rings (SSSR count). The molecule has 0 spiro atoms. The molecule has 2 N–H and O–H groups in total. The van der Waals surface area contributed by atoms with Gasteiger partial charge in [0.2, 0.25) is 0 Å². The molecule has 1 atom stereocenters. The molecule has 0 saturated carbocycles. The van der Waals surface area contributed by atoms with E-state index in [-0.39, 0.29) is 18.5 Å². The van der Waals surface area contributed by atoms with Crippen LogP contribution < -0.4 is 0 Å². The number of nitrogens with zero attached hydrogens (tertiary/aromatic N) is 1. The number of aliphatic carboxylic acids is 1. The van der Waals surface area contributed by atoms with E-state index >= 15 is 0 Å². The Labute approximate surface area is 309 Å². The van der Waals surface area contributed by atoms with Crippen LogP contribution in [0.15, 0.2) is 0 Å². The molecule has 0 aromatic carbocycles. The van der Waals surface area contributed by atoms with E-state index in [1.807, 2.05) is 0 Å². The molecule has 0 heterocycles. The first-order valence-corrected chi connectivity index (χ1v) is 21.4. The van der Waals surface area contributed by atoms with E-state index in [9.17, 15) is 19.8 Å². The smallest absolute Gasteiger partial charge is 0.306 e. The molecule has 8 nitrogen and oxygen atoms in total. The standard InChI is InChI=1S/C42H83NO7/c1-4-7-10-13-14-20-27-36-50-41(45)29-22-16-15-18-23-30-43(32-33-44)31-24-19-17-21-28-40(42(46)47)39(37-48-34-25-11-8-5-2)38-49-35-26-12-9-6-3/h39-40,44H,4-38H2,1-3H3,(H,46,47). The lowest BCUT2D eigenvalue weighted by Crippen LogP contribution is -2.31. The van der Waals surface area contributed by atoms with Crippen molar-refractivity contribution in [3.05, 3.63) is 0 Å². The molecule has 0 aliphatic heterocycles. The number of unbranched alkanes of at least 4 members (excludes halogenated alkanes) is 19. The van der Waals surface area contributed by atoms with Gasteiger partial charge in [-0.2, -0.15) is 0 Å². The third-order valence-corrected chi connectivity index (χ3v) is 9.86. The second kappa shape index (κ2) is 39.0. The molecule has 0 amide bonds. The summed E-state index contributed by atoms with van der Waals surface area (Å²) in [5.74, 6) is -1.33. The predicted molar refractivity (Wildman–Crippen MR) is 208 cm³/mol. The second-order valence-corrected chi connectivity index (χ2v) is 14.6. The monoisotopic (exact) mass is 714 g/mol. The van der Waals surface area contributed by atoms with E-state index in [1.54, 1.807) is 0 Å². The van der Waals surface area contributed by atoms with Gasteiger partial charge in [0.25, 0.3) is 0 Å². The van der Waals surface area contributed by atoms with Crippen LogP contribution in [0.5, 0.6) is 0 Å². The van der Waals surface area contributed by atoms with Crippen molar-refractivity contribution in [3.8, 4) is 0 Å². The van der Waals surface area contributed by atoms with Crippen LogP contribution in [-0.4, -0.2) is 86.3 Å². The molecule has 0 aromatic heterocycles. The Morgan fingerprint density at radius 3 is 1.50 bits per heavy atom. The van der Waals surface area contributed by atoms with Gasteiger partial charge in [0.15, 0.2) is 0 Å². The third-order valence-electron chi connectivity index (χ3n) is 9.86. The van der Waals surface area contributed by atoms with Crippen LogP contribution in [0, 0.1) is 11.8 Å². The molecular weight excluding hydrogens is 630 g/mol. The summed E-state index contributed by atoms with van der Waals surface area (Å²) in [6.07, 6.45) is 28.3. The fourth-order valence-corrected chi connectivity index (χ4v) is 6.55. The number of carbonyl (C=O) groups excluding carboxylic acids is 1. The summed E-state index contributed by atoms with van der Waals surface area (Å²) in [5, 5.41) is 19.7. The summed E-state index contributed by atoms with van der Waals surface area (Å²) in [7, 11) is 0. The van der Waals surface area contributed by atoms with Gasteiger partial charge in [-0.15, -0.1) is 0 Å². The van der Waals surface area contributed by atoms with Crippen LogP contribution in [0.3, 0.4) is 0 Å². The van der Waals surface area contributed by atoms with Gasteiger partial charge in [-0.25, -0.2) is 0 Å². The van der Waals surface area contributed by atoms with Crippen molar-refractivity contribution in [1.82, 2.24) is 4.90 Å². The molecule has 1 unspecified atom stereocenters. The summed E-state index contributed by atoms with van der Waals surface area (Å²) in [4.78, 5) is 26.7. The van der Waals surface area contributed by atoms with Gasteiger partial charge in [0.1, 0.15) is 0 Å². The minimum Gasteiger partial charge on any atom is -0.481 e. The van der Waals surface area contributed by atoms with E-state index in [2.05, 4.69) is 25.7 Å². The fraction of sp³-hybridized carbons (Fsp3) is 0.952. The van der Waals surface area contributed by atoms with Crippen molar-refractivity contribution < 1.29 is 34.0 Å². The number of carbonyl (C=O) groups is 2. The van der Waals surface area contributed by atoms with E-state index in [1.165, 1.54) is 57.8 Å². The average molecular weight is 714 g/mol. The van der Waals surface area contributed by atoms with Gasteiger partial charge in [-0.3, -0.25) is 9.59 Å². The van der Waals surface area contributed by atoms with Gasteiger partial charge < -0.3 is 29.3 Å². The highest BCUT2D eigenvalue weighted by atomic mass is 16.5. The van der Waals surface area contributed by atoms with E-state index in [0.29, 0.717) is 52.4 Å². The molecule has 0 fully saturated rings. The SMILES string of the molecule is CCCCCCCCCOC(=O)CCCCCCCN(CCO)CCCCCCC(C(=O)O)C(COCCCCCC)COCCCCCC. The van der Waals surface area contributed by atoms with Crippen LogP contribution in [0.2, 0.25) is 0 Å². The van der Waals surface area contributed by atoms with Crippen molar-refractivity contribution in [2.45, 2.75) is 188 Å². The normalized spacial score (nSPS) is 12.3. The van der Waals surface area contributed by atoms with E-state index < -0.39 is 11.9 Å². The van der Waals surface area contributed by atoms with E-state index in [0.717, 1.165) is 109 Å². The molecular formula is C42H83NO7. The molecule has 298 valence electrons. The number of carboxylic acids is 1. The number of hydrogen-bond donors (Lipinski definition) is 2. The van der Waals surface area contributed by atoms with Crippen molar-refractivity contribution >= 4 is 11.9 Å². The Hall–Kier alpha value is -1.22. The van der Waals surface area contributed by atoms with Crippen molar-refractivity contribution in [3.63, 3.8) is 0 Å². The first-order valence-electron chi connectivity index (χ1n) is 21.4. The van der Waals surface area contributed by atoms with Gasteiger partial charge in [-0.05, 0) is 58.0 Å². The Kier molecular flexibility index (Phi) is 38.0. The van der Waals surface area contributed by atoms with Crippen LogP contribution in [0.25, 0.3) is 0 Å². The Morgan fingerprint density at radius 2 is 0.980 bits per heavy atom. The van der Waals surface area contributed by atoms with Crippen molar-refractivity contribution in [1.29, 1.82) is 0 Å². The predicted octanol–water partition coefficient (Wildman–Crippen LogP) is 10.4. The number of esters is 1. The van der Waals surface area contributed by atoms with Crippen LogP contribution in [0.1, 0.15) is 188 Å². The third kappa shape index (κ3) is 32.7. The Balaban J connectivity index is 4.22. The summed E-state index contributed by atoms with van der Waals surface area (Å²) in [5.41, 5.74) is 0. The van der Waals surface area contributed by atoms with Crippen molar-refractivity contribution in [2.75, 3.05) is 59.3 Å². The van der Waals surface area contributed by atoms with Crippen LogP contribution in [-0.2, 0) is 23.8 Å². The molecule has 50 heavy (non-hydrogen) atoms. The summed E-state index contributed by atoms with van der Waals surface area (Å²) >= 11 is 0. The Morgan fingerprint density at radius 1 is 0.540 bits per heavy atom. The van der Waals surface area contributed by atoms with Crippen molar-refractivity contribution in [2.24, 2.45) is 11.8 Å². The molecule has 0 saturated heterocycles. The average Bonchev–Trinajstić information content (AvgIpc) is 3.10. The maximum Gasteiger partial charge on any atom is 0.306 e. The first-order chi connectivity index (χ1) is 24.5. The zero-order valence-corrected chi connectivity index (χ0v) is 33.3. The molecule has 0 bridgehead atoms. The highest BCUT2D eigenvalue weighted by Crippen LogP contribution is 2.22. The molecule has 0 aliphatic rings. The summed E-state index contributed by atoms with van der Waals surface area (Å²) in [6.45, 7) is 12.3. The fourth-order valence-electron chi connectivity index (χ4n) is 6.55. The topological polar surface area (TPSA) is 106 Å². The number of hydrogen-bond acceptors (Lipinski definition) is 7. The zero-order valence-electron chi connectivity index (χ0n) is 33.3. The lowest BCUT2D eigenvalue weighted by atomic mass is 9.88. The van der Waals surface area contributed by atoms with Gasteiger partial charge >= 0.3 is 11.9 Å². The lowest BCUT2D eigenvalue weighted by Gasteiger charge is -2.24. The molecule has 0 aromatic rings. The quantitative estimate of drug-likeness (QED) is 0.0476. The zero-order chi connectivity index (χ0) is 36.8. The number of rotatable bonds is 41. The highest BCUT2D eigenvalue weighted by molar-refractivity contribution is 5.70. The molecule has 0 aliphatic carbocycles. The number of aliphatic hydroxyl groups excluding tert-OH is 1. The van der Waals surface area contributed by atoms with Gasteiger partial charge in [-0.1, -0.05) is 136 Å². The Bertz CT molecular complexity index is 706. The number of ether oxygens (including phenoxy) is 3. The summed E-state index contributed by atoms with van der Waals surface area (Å²) < 4.78 is 17.3. The minimum atomic E-state index is -0.730. The second-order valence-electron chi connectivity index (χ2n) is 14.6. The number of aliphatic hydroxyl groups is 1. The van der Waals surface area contributed by atoms with Crippen LogP contribution in [0.4, 0.5) is 0 Å².